The molecule has 0 spiro atoms. The number of rotatable bonds is 12. The lowest BCUT2D eigenvalue weighted by atomic mass is 9.93. The number of nitrogens with zero attached hydrogens (tertiary/aromatic N) is 5. The molecule has 2 aromatic carbocycles. The number of aryl methyl sites for hydroxylation is 1. The molecular weight excluding hydrogens is 692 g/mol. The molecule has 11 nitrogen and oxygen atoms in total. The van der Waals surface area contributed by atoms with Gasteiger partial charge in [-0.2, -0.15) is 18.4 Å². The molecule has 0 aliphatic carbocycles. The normalized spacial score (nSPS) is 15.5. The van der Waals surface area contributed by atoms with Crippen LogP contribution in [-0.2, 0) is 36.5 Å². The molecule has 16 heteroatoms. The number of allylic oxidation sites excluding steroid dienone is 1. The van der Waals surface area contributed by atoms with Crippen LogP contribution in [0.2, 0.25) is 18.1 Å². The Kier molecular flexibility index (Phi) is 11.2. The van der Waals surface area contributed by atoms with Gasteiger partial charge in [-0.05, 0) is 73.8 Å². The van der Waals surface area contributed by atoms with E-state index in [1.165, 1.54) is 40.7 Å². The Morgan fingerprint density at radius 3 is 2.28 bits per heavy atom. The van der Waals surface area contributed by atoms with Crippen molar-refractivity contribution < 1.29 is 35.5 Å². The van der Waals surface area contributed by atoms with Gasteiger partial charge in [0.1, 0.15) is 15.9 Å². The summed E-state index contributed by atoms with van der Waals surface area (Å²) < 4.78 is 80.6. The van der Waals surface area contributed by atoms with E-state index in [9.17, 15) is 36.4 Å². The van der Waals surface area contributed by atoms with E-state index in [0.29, 0.717) is 24.2 Å². The van der Waals surface area contributed by atoms with Gasteiger partial charge in [0.25, 0.3) is 0 Å². The molecule has 0 N–H and O–H groups in total. The second-order valence-corrected chi connectivity index (χ2v) is 20.8. The highest BCUT2D eigenvalue weighted by molar-refractivity contribution is 7.91. The third-order valence-corrected chi connectivity index (χ3v) is 15.6. The number of aromatic nitrogens is 3. The molecule has 4 rings (SSSR count). The molecule has 2 heterocycles. The van der Waals surface area contributed by atoms with E-state index in [0.717, 1.165) is 23.9 Å². The zero-order chi connectivity index (χ0) is 37.2. The molecule has 0 unspecified atom stereocenters. The van der Waals surface area contributed by atoms with E-state index in [1.807, 2.05) is 6.07 Å². The lowest BCUT2D eigenvalue weighted by Gasteiger charge is -2.36. The Morgan fingerprint density at radius 1 is 1.06 bits per heavy atom. The molecule has 1 aliphatic heterocycles. The minimum atomic E-state index is -4.68. The molecular formula is C34H42F3N5O6SSi. The van der Waals surface area contributed by atoms with Crippen LogP contribution in [0, 0.1) is 11.3 Å². The van der Waals surface area contributed by atoms with Crippen LogP contribution < -0.4 is 10.6 Å². The van der Waals surface area contributed by atoms with Crippen molar-refractivity contribution in [3.05, 3.63) is 87.0 Å². The van der Waals surface area contributed by atoms with Gasteiger partial charge in [0.2, 0.25) is 5.95 Å². The first-order valence-electron chi connectivity index (χ1n) is 16.0. The highest BCUT2D eigenvalue weighted by atomic mass is 32.2. The van der Waals surface area contributed by atoms with Gasteiger partial charge in [-0.1, -0.05) is 39.0 Å². The van der Waals surface area contributed by atoms with Crippen molar-refractivity contribution in [1.82, 2.24) is 14.3 Å². The van der Waals surface area contributed by atoms with E-state index in [1.54, 1.807) is 12.1 Å². The number of carbonyl (C=O) groups excluding carboxylic acids is 1. The quantitative estimate of drug-likeness (QED) is 0.119. The summed E-state index contributed by atoms with van der Waals surface area (Å²) in [5, 5.41) is 13.8. The number of carbonyl (C=O) groups is 1. The van der Waals surface area contributed by atoms with Crippen LogP contribution in [0.25, 0.3) is 0 Å². The summed E-state index contributed by atoms with van der Waals surface area (Å²) in [6.07, 6.45) is -4.32. The number of anilines is 2. The van der Waals surface area contributed by atoms with Crippen LogP contribution in [-0.4, -0.2) is 62.3 Å². The van der Waals surface area contributed by atoms with Crippen LogP contribution in [0.15, 0.2) is 64.6 Å². The first kappa shape index (κ1) is 38.6. The van der Waals surface area contributed by atoms with Crippen molar-refractivity contribution in [3.8, 4) is 6.07 Å². The van der Waals surface area contributed by atoms with E-state index in [-0.39, 0.29) is 52.4 Å². The maximum atomic E-state index is 14.1. The summed E-state index contributed by atoms with van der Waals surface area (Å²) in [5.41, 5.74) is -0.823. The molecule has 1 aromatic heterocycles. The summed E-state index contributed by atoms with van der Waals surface area (Å²) in [6, 6.07) is 11.4. The number of hydrogen-bond donors (Lipinski definition) is 0. The molecule has 0 radical (unpaired) electrons. The summed E-state index contributed by atoms with van der Waals surface area (Å²) in [7, 11) is -4.39. The summed E-state index contributed by atoms with van der Waals surface area (Å²) in [5.74, 6) is -1.24. The second-order valence-electron chi connectivity index (χ2n) is 13.7. The predicted octanol–water partition coefficient (Wildman–Crippen LogP) is 6.34. The smallest absolute Gasteiger partial charge is 0.416 e. The SMILES string of the molecule is COC(=O)C1=C(C)N(c2cccc(C(F)(F)F)c2)c2nn(CCCS(=O)(=O)CCCO[Si](C)(C)C(C)(C)C)c(=O)n2[C@@H]1c1ccc(C#N)cc1. The molecule has 50 heavy (non-hydrogen) atoms. The summed E-state index contributed by atoms with van der Waals surface area (Å²) in [6.45, 7) is 12.2. The monoisotopic (exact) mass is 733 g/mol. The van der Waals surface area contributed by atoms with Gasteiger partial charge in [-0.3, -0.25) is 4.90 Å². The van der Waals surface area contributed by atoms with Crippen molar-refractivity contribution in [2.45, 2.75) is 77.4 Å². The number of fused-ring (bicyclic) bond motifs is 1. The Balaban J connectivity index is 1.71. The Hall–Kier alpha value is -4.20. The maximum absolute atomic E-state index is 14.1. The number of halogens is 3. The lowest BCUT2D eigenvalue weighted by Crippen LogP contribution is -2.41. The molecule has 1 aliphatic rings. The van der Waals surface area contributed by atoms with E-state index >= 15 is 0 Å². The average molecular weight is 734 g/mol. The van der Waals surface area contributed by atoms with Crippen molar-refractivity contribution in [2.75, 3.05) is 30.1 Å². The van der Waals surface area contributed by atoms with Crippen LogP contribution in [0.5, 0.6) is 0 Å². The highest BCUT2D eigenvalue weighted by Crippen LogP contribution is 2.43. The molecule has 0 saturated carbocycles. The lowest BCUT2D eigenvalue weighted by molar-refractivity contribution is -0.138. The molecule has 270 valence electrons. The summed E-state index contributed by atoms with van der Waals surface area (Å²) in [4.78, 5) is 28.7. The van der Waals surface area contributed by atoms with Crippen LogP contribution in [0.1, 0.15) is 63.3 Å². The standard InChI is InChI=1S/C34H42F3N5O6SSi/c1-23-28(30(43)47-5)29(25-15-13-24(22-38)14-16-25)42-31(41(23)27-12-8-11-26(21-27)34(35,36)37)39-40(32(42)44)17-9-19-49(45,46)20-10-18-48-50(6,7)33(2,3)4/h8,11-16,21,29H,9-10,17-20H2,1-7H3/t29-/m1/s1. The molecule has 0 bridgehead atoms. The zero-order valence-corrected chi connectivity index (χ0v) is 31.0. The average Bonchev–Trinajstić information content (AvgIpc) is 3.36. The molecule has 3 aromatic rings. The Labute approximate surface area is 291 Å². The minimum absolute atomic E-state index is 0.00959. The number of benzene rings is 2. The largest absolute Gasteiger partial charge is 0.466 e. The zero-order valence-electron chi connectivity index (χ0n) is 29.2. The number of ether oxygens (including phenoxy) is 1. The molecule has 0 saturated heterocycles. The number of hydrogen-bond acceptors (Lipinski definition) is 9. The fourth-order valence-corrected chi connectivity index (χ4v) is 7.86. The Bertz CT molecular complexity index is 1970. The van der Waals surface area contributed by atoms with Crippen molar-refractivity contribution >= 4 is 35.8 Å². The van der Waals surface area contributed by atoms with Gasteiger partial charge in [0, 0.05) is 24.5 Å². The summed E-state index contributed by atoms with van der Waals surface area (Å²) >= 11 is 0. The number of sulfone groups is 1. The topological polar surface area (TPSA) is 137 Å². The highest BCUT2D eigenvalue weighted by Gasteiger charge is 2.41. The van der Waals surface area contributed by atoms with Crippen molar-refractivity contribution in [1.29, 1.82) is 5.26 Å². The van der Waals surface area contributed by atoms with Gasteiger partial charge in [0.05, 0.1) is 41.4 Å². The maximum Gasteiger partial charge on any atom is 0.416 e. The third-order valence-electron chi connectivity index (χ3n) is 9.20. The van der Waals surface area contributed by atoms with Gasteiger partial charge in [-0.25, -0.2) is 27.3 Å². The molecule has 0 amide bonds. The van der Waals surface area contributed by atoms with Crippen LogP contribution >= 0.6 is 0 Å². The van der Waals surface area contributed by atoms with Crippen LogP contribution in [0.3, 0.4) is 0 Å². The van der Waals surface area contributed by atoms with Gasteiger partial charge in [-0.15, -0.1) is 5.10 Å². The minimum Gasteiger partial charge on any atom is -0.466 e. The number of esters is 1. The predicted molar refractivity (Wildman–Crippen MR) is 185 cm³/mol. The molecule has 0 fully saturated rings. The van der Waals surface area contributed by atoms with Gasteiger partial charge < -0.3 is 9.16 Å². The second kappa shape index (κ2) is 14.6. The van der Waals surface area contributed by atoms with Crippen molar-refractivity contribution in [3.63, 3.8) is 0 Å². The first-order chi connectivity index (χ1) is 23.2. The third kappa shape index (κ3) is 8.22. The van der Waals surface area contributed by atoms with Crippen molar-refractivity contribution in [2.24, 2.45) is 0 Å². The van der Waals surface area contributed by atoms with Gasteiger partial charge >= 0.3 is 17.8 Å². The van der Waals surface area contributed by atoms with Gasteiger partial charge in [0.15, 0.2) is 8.32 Å². The number of nitriles is 1. The van der Waals surface area contributed by atoms with Crippen LogP contribution in [0.4, 0.5) is 24.8 Å². The fourth-order valence-electron chi connectivity index (χ4n) is 5.44. The van der Waals surface area contributed by atoms with E-state index in [2.05, 4.69) is 39.0 Å². The number of methoxy groups -OCH3 is 1. The fraction of sp³-hybridized carbons (Fsp3) is 0.471. The first-order valence-corrected chi connectivity index (χ1v) is 20.8. The Morgan fingerprint density at radius 2 is 1.70 bits per heavy atom. The number of alkyl halides is 3. The van der Waals surface area contributed by atoms with E-state index in [4.69, 9.17) is 9.16 Å². The van der Waals surface area contributed by atoms with E-state index < -0.39 is 47.6 Å². The molecule has 1 atom stereocenters.